The summed E-state index contributed by atoms with van der Waals surface area (Å²) in [6, 6.07) is 15.2. The molecule has 9 nitrogen and oxygen atoms in total. The van der Waals surface area contributed by atoms with Crippen molar-refractivity contribution >= 4 is 40.2 Å². The number of rotatable bonds is 6. The van der Waals surface area contributed by atoms with Gasteiger partial charge in [0.1, 0.15) is 12.6 Å². The van der Waals surface area contributed by atoms with Crippen molar-refractivity contribution in [2.75, 3.05) is 17.2 Å². The molecule has 0 saturated carbocycles. The lowest BCUT2D eigenvalue weighted by Gasteiger charge is -2.22. The maximum absolute atomic E-state index is 12.9. The second-order valence-corrected chi connectivity index (χ2v) is 8.34. The van der Waals surface area contributed by atoms with Crippen LogP contribution in [0.25, 0.3) is 11.3 Å². The fraction of sp³-hybridized carbons (Fsp3) is 0.217. The van der Waals surface area contributed by atoms with Crippen LogP contribution in [0.4, 0.5) is 20.4 Å². The van der Waals surface area contributed by atoms with E-state index in [1.807, 2.05) is 35.7 Å². The number of carbonyl (C=O) groups excluding carboxylic acids is 3. The monoisotopic (exact) mass is 465 g/mol. The molecule has 1 atom stereocenters. The molecule has 1 saturated heterocycles. The second kappa shape index (κ2) is 10.1. The largest absolute Gasteiger partial charge is 0.445 e. The first kappa shape index (κ1) is 22.3. The summed E-state index contributed by atoms with van der Waals surface area (Å²) in [6.07, 6.45) is 0.799. The zero-order chi connectivity index (χ0) is 23.2. The molecule has 170 valence electrons. The van der Waals surface area contributed by atoms with Crippen LogP contribution in [0.5, 0.6) is 0 Å². The average Bonchev–Trinajstić information content (AvgIpc) is 3.48. The van der Waals surface area contributed by atoms with Gasteiger partial charge >= 0.3 is 12.1 Å². The van der Waals surface area contributed by atoms with Crippen LogP contribution in [0.15, 0.2) is 60.0 Å². The summed E-state index contributed by atoms with van der Waals surface area (Å²) >= 11 is 1.30. The van der Waals surface area contributed by atoms with Crippen molar-refractivity contribution in [1.82, 2.24) is 9.88 Å². The van der Waals surface area contributed by atoms with Gasteiger partial charge in [-0.3, -0.25) is 9.69 Å². The molecule has 1 aliphatic heterocycles. The van der Waals surface area contributed by atoms with Crippen LogP contribution in [0, 0.1) is 0 Å². The number of thiazole rings is 1. The molecule has 2 aromatic carbocycles. The minimum absolute atomic E-state index is 0.161. The molecule has 0 aliphatic carbocycles. The Balaban J connectivity index is 1.35. The number of nitrogens with one attached hydrogen (secondary N) is 2. The molecule has 4 rings (SSSR count). The molecule has 0 spiro atoms. The molecule has 10 heteroatoms. The van der Waals surface area contributed by atoms with Crippen molar-refractivity contribution in [1.29, 1.82) is 0 Å². The molecule has 4 N–H and O–H groups in total. The molecular weight excluding hydrogens is 442 g/mol. The fourth-order valence-corrected chi connectivity index (χ4v) is 4.30. The summed E-state index contributed by atoms with van der Waals surface area (Å²) in [5.41, 5.74) is 8.10. The van der Waals surface area contributed by atoms with E-state index in [0.717, 1.165) is 17.5 Å². The number of benzene rings is 2. The third-order valence-corrected chi connectivity index (χ3v) is 5.94. The van der Waals surface area contributed by atoms with Crippen molar-refractivity contribution in [3.8, 4) is 11.3 Å². The average molecular weight is 466 g/mol. The molecule has 0 bridgehead atoms. The van der Waals surface area contributed by atoms with Crippen LogP contribution in [-0.4, -0.2) is 40.5 Å². The van der Waals surface area contributed by atoms with Gasteiger partial charge in [-0.15, -0.1) is 11.3 Å². The number of nitrogens with zero attached hydrogens (tertiary/aromatic N) is 2. The Morgan fingerprint density at radius 1 is 1.09 bits per heavy atom. The van der Waals surface area contributed by atoms with E-state index >= 15 is 0 Å². The van der Waals surface area contributed by atoms with E-state index < -0.39 is 18.2 Å². The Bertz CT molecular complexity index is 1130. The predicted molar refractivity (Wildman–Crippen MR) is 126 cm³/mol. The Hall–Kier alpha value is -3.92. The van der Waals surface area contributed by atoms with E-state index in [4.69, 9.17) is 10.5 Å². The van der Waals surface area contributed by atoms with Crippen LogP contribution in [0.1, 0.15) is 18.4 Å². The van der Waals surface area contributed by atoms with Crippen LogP contribution >= 0.6 is 11.3 Å². The van der Waals surface area contributed by atoms with Gasteiger partial charge in [-0.1, -0.05) is 42.5 Å². The maximum atomic E-state index is 12.9. The lowest BCUT2D eigenvalue weighted by Crippen LogP contribution is -2.43. The third kappa shape index (κ3) is 5.66. The van der Waals surface area contributed by atoms with E-state index in [1.165, 1.54) is 16.2 Å². The van der Waals surface area contributed by atoms with Crippen molar-refractivity contribution < 1.29 is 19.1 Å². The van der Waals surface area contributed by atoms with Crippen LogP contribution < -0.4 is 16.4 Å². The number of anilines is 2. The molecule has 2 heterocycles. The predicted octanol–water partition coefficient (Wildman–Crippen LogP) is 4.04. The highest BCUT2D eigenvalue weighted by Gasteiger charge is 2.35. The van der Waals surface area contributed by atoms with Crippen molar-refractivity contribution in [3.63, 3.8) is 0 Å². The number of hydrogen-bond donors (Lipinski definition) is 3. The summed E-state index contributed by atoms with van der Waals surface area (Å²) < 4.78 is 5.40. The van der Waals surface area contributed by atoms with Gasteiger partial charge < -0.3 is 21.1 Å². The second-order valence-electron chi connectivity index (χ2n) is 7.49. The van der Waals surface area contributed by atoms with Gasteiger partial charge in [0.2, 0.25) is 5.91 Å². The number of urea groups is 1. The molecular formula is C23H23N5O4S. The highest BCUT2D eigenvalue weighted by molar-refractivity contribution is 7.14. The smallest absolute Gasteiger partial charge is 0.410 e. The SMILES string of the molecule is NC(=O)Nc1ccc(-c2csc(NC(=O)[C@@H]3CCCN3C(=O)OCc3ccccc3)n2)cc1. The Morgan fingerprint density at radius 3 is 2.58 bits per heavy atom. The van der Waals surface area contributed by atoms with Gasteiger partial charge in [-0.25, -0.2) is 14.6 Å². The van der Waals surface area contributed by atoms with Crippen molar-refractivity contribution in [2.45, 2.75) is 25.5 Å². The van der Waals surface area contributed by atoms with E-state index in [-0.39, 0.29) is 12.5 Å². The topological polar surface area (TPSA) is 127 Å². The lowest BCUT2D eigenvalue weighted by molar-refractivity contribution is -0.120. The molecule has 1 fully saturated rings. The van der Waals surface area contributed by atoms with Crippen LogP contribution in [0.3, 0.4) is 0 Å². The number of amides is 4. The maximum Gasteiger partial charge on any atom is 0.410 e. The Morgan fingerprint density at radius 2 is 1.85 bits per heavy atom. The van der Waals surface area contributed by atoms with E-state index in [2.05, 4.69) is 15.6 Å². The van der Waals surface area contributed by atoms with Crippen molar-refractivity contribution in [2.24, 2.45) is 5.73 Å². The van der Waals surface area contributed by atoms with E-state index in [0.29, 0.717) is 29.5 Å². The van der Waals surface area contributed by atoms with Crippen molar-refractivity contribution in [3.05, 3.63) is 65.5 Å². The van der Waals surface area contributed by atoms with Gasteiger partial charge in [-0.05, 0) is 30.5 Å². The highest BCUT2D eigenvalue weighted by Crippen LogP contribution is 2.27. The van der Waals surface area contributed by atoms with Gasteiger partial charge in [-0.2, -0.15) is 0 Å². The summed E-state index contributed by atoms with van der Waals surface area (Å²) in [5.74, 6) is -0.286. The van der Waals surface area contributed by atoms with Gasteiger partial charge in [0, 0.05) is 23.2 Å². The standard InChI is InChI=1S/C23H23N5O4S/c24-21(30)25-17-10-8-16(9-11-17)18-14-33-22(26-18)27-20(29)19-7-4-12-28(19)23(31)32-13-15-5-2-1-3-6-15/h1-3,5-6,8-11,14,19H,4,7,12-13H2,(H3,24,25,30)(H,26,27,29)/t19-/m0/s1. The first-order valence-corrected chi connectivity index (χ1v) is 11.3. The number of ether oxygens (including phenoxy) is 1. The van der Waals surface area contributed by atoms with Crippen LogP contribution in [0.2, 0.25) is 0 Å². The molecule has 3 aromatic rings. The van der Waals surface area contributed by atoms with E-state index in [1.54, 1.807) is 24.3 Å². The zero-order valence-corrected chi connectivity index (χ0v) is 18.5. The number of primary amides is 1. The summed E-state index contributed by atoms with van der Waals surface area (Å²) in [4.78, 5) is 42.3. The summed E-state index contributed by atoms with van der Waals surface area (Å²) in [6.45, 7) is 0.634. The zero-order valence-electron chi connectivity index (χ0n) is 17.7. The first-order valence-electron chi connectivity index (χ1n) is 10.4. The first-order chi connectivity index (χ1) is 16.0. The molecule has 1 aliphatic rings. The molecule has 0 radical (unpaired) electrons. The van der Waals surface area contributed by atoms with Crippen LogP contribution in [-0.2, 0) is 16.1 Å². The molecule has 1 aromatic heterocycles. The van der Waals surface area contributed by atoms with E-state index in [9.17, 15) is 14.4 Å². The minimum Gasteiger partial charge on any atom is -0.445 e. The molecule has 33 heavy (non-hydrogen) atoms. The van der Waals surface area contributed by atoms with Gasteiger partial charge in [0.05, 0.1) is 5.69 Å². The lowest BCUT2D eigenvalue weighted by atomic mass is 10.1. The summed E-state index contributed by atoms with van der Waals surface area (Å²) in [5, 5.41) is 7.58. The molecule has 4 amide bonds. The quantitative estimate of drug-likeness (QED) is 0.506. The van der Waals surface area contributed by atoms with Gasteiger partial charge in [0.25, 0.3) is 0 Å². The minimum atomic E-state index is -0.633. The normalized spacial score (nSPS) is 15.2. The third-order valence-electron chi connectivity index (χ3n) is 5.18. The Kier molecular flexibility index (Phi) is 6.84. The summed E-state index contributed by atoms with van der Waals surface area (Å²) in [7, 11) is 0. The highest BCUT2D eigenvalue weighted by atomic mass is 32.1. The number of aromatic nitrogens is 1. The van der Waals surface area contributed by atoms with Gasteiger partial charge in [0.15, 0.2) is 5.13 Å². The Labute approximate surface area is 194 Å². The molecule has 0 unspecified atom stereocenters. The number of carbonyl (C=O) groups is 3. The fourth-order valence-electron chi connectivity index (χ4n) is 3.58. The number of hydrogen-bond acceptors (Lipinski definition) is 6. The number of likely N-dealkylation sites (tertiary alicyclic amines) is 1. The number of nitrogens with two attached hydrogens (primary N) is 1.